The quantitative estimate of drug-likeness (QED) is 0.581. The number of nitrogens with zero attached hydrogens (tertiary/aromatic N) is 3. The highest BCUT2D eigenvalue weighted by Gasteiger charge is 2.44. The fraction of sp³-hybridized carbons (Fsp3) is 0.462. The predicted molar refractivity (Wildman–Crippen MR) is 135 cm³/mol. The summed E-state index contributed by atoms with van der Waals surface area (Å²) in [5.74, 6) is -0.602. The van der Waals surface area contributed by atoms with Gasteiger partial charge in [0.15, 0.2) is 0 Å². The van der Waals surface area contributed by atoms with E-state index in [2.05, 4.69) is 0 Å². The molecule has 2 atom stereocenters. The molecule has 188 valence electrons. The Morgan fingerprint density at radius 1 is 1.00 bits per heavy atom. The summed E-state index contributed by atoms with van der Waals surface area (Å²) in [6.45, 7) is 6.61. The first-order valence-corrected chi connectivity index (χ1v) is 12.4. The van der Waals surface area contributed by atoms with Gasteiger partial charge in [-0.15, -0.1) is 0 Å². The van der Waals surface area contributed by atoms with E-state index in [0.717, 1.165) is 5.56 Å². The van der Waals surface area contributed by atoms with Crippen LogP contribution in [0.2, 0.25) is 10.0 Å². The lowest BCUT2D eigenvalue weighted by atomic mass is 9.82. The van der Waals surface area contributed by atoms with Gasteiger partial charge in [0.25, 0.3) is 0 Å². The summed E-state index contributed by atoms with van der Waals surface area (Å²) < 4.78 is 19.0. The average Bonchev–Trinajstić information content (AvgIpc) is 3.28. The van der Waals surface area contributed by atoms with Crippen LogP contribution in [0.4, 0.5) is 9.18 Å². The number of hydrogen-bond acceptors (Lipinski definition) is 3. The molecule has 1 unspecified atom stereocenters. The first kappa shape index (κ1) is 25.7. The minimum Gasteiger partial charge on any atom is -0.378 e. The van der Waals surface area contributed by atoms with Crippen LogP contribution in [0.15, 0.2) is 42.5 Å². The molecule has 0 aromatic heterocycles. The Morgan fingerprint density at radius 3 is 2.20 bits per heavy atom. The van der Waals surface area contributed by atoms with Crippen molar-refractivity contribution in [1.82, 2.24) is 14.7 Å². The number of carbonyl (C=O) groups is 2. The minimum absolute atomic E-state index is 0.0651. The van der Waals surface area contributed by atoms with Gasteiger partial charge in [-0.05, 0) is 55.3 Å². The number of hydrogen-bond donors (Lipinski definition) is 0. The lowest BCUT2D eigenvalue weighted by Gasteiger charge is -2.36. The molecule has 0 N–H and O–H groups in total. The lowest BCUT2D eigenvalue weighted by Crippen LogP contribution is -2.50. The van der Waals surface area contributed by atoms with Gasteiger partial charge in [0.05, 0.1) is 24.7 Å². The number of urea groups is 1. The summed E-state index contributed by atoms with van der Waals surface area (Å²) in [4.78, 5) is 32.4. The third kappa shape index (κ3) is 5.42. The van der Waals surface area contributed by atoms with Gasteiger partial charge in [0.2, 0.25) is 5.91 Å². The fourth-order valence-electron chi connectivity index (χ4n) is 4.96. The van der Waals surface area contributed by atoms with Crippen molar-refractivity contribution >= 4 is 35.1 Å². The zero-order valence-corrected chi connectivity index (χ0v) is 21.7. The number of carbonyl (C=O) groups excluding carboxylic acids is 2. The number of ether oxygens (including phenoxy) is 1. The van der Waals surface area contributed by atoms with Crippen molar-refractivity contribution in [2.75, 3.05) is 46.4 Å². The summed E-state index contributed by atoms with van der Waals surface area (Å²) in [6.07, 6.45) is 0. The van der Waals surface area contributed by atoms with E-state index < -0.39 is 5.41 Å². The van der Waals surface area contributed by atoms with Gasteiger partial charge in [-0.2, -0.15) is 0 Å². The Kier molecular flexibility index (Phi) is 7.60. The molecule has 2 heterocycles. The van der Waals surface area contributed by atoms with Crippen molar-refractivity contribution < 1.29 is 18.7 Å². The van der Waals surface area contributed by atoms with E-state index in [9.17, 15) is 14.0 Å². The summed E-state index contributed by atoms with van der Waals surface area (Å²) in [6, 6.07) is 11.1. The molecule has 2 fully saturated rings. The minimum atomic E-state index is -0.904. The molecule has 0 aliphatic carbocycles. The molecule has 2 aromatic rings. The van der Waals surface area contributed by atoms with Crippen molar-refractivity contribution in [3.8, 4) is 0 Å². The van der Waals surface area contributed by atoms with E-state index in [4.69, 9.17) is 27.9 Å². The van der Waals surface area contributed by atoms with Gasteiger partial charge >= 0.3 is 6.03 Å². The van der Waals surface area contributed by atoms with E-state index >= 15 is 0 Å². The molecule has 3 amide bonds. The highest BCUT2D eigenvalue weighted by molar-refractivity contribution is 6.34. The number of rotatable bonds is 4. The number of halogens is 3. The van der Waals surface area contributed by atoms with Crippen LogP contribution in [0, 0.1) is 5.82 Å². The van der Waals surface area contributed by atoms with Crippen molar-refractivity contribution in [2.24, 2.45) is 0 Å². The van der Waals surface area contributed by atoms with E-state index in [1.54, 1.807) is 52.1 Å². The van der Waals surface area contributed by atoms with Crippen LogP contribution >= 0.6 is 23.2 Å². The molecular formula is C26H30Cl2FN3O3. The van der Waals surface area contributed by atoms with Crippen molar-refractivity contribution in [1.29, 1.82) is 0 Å². The standard InChI is InChI=1S/C26H30Cl2FN3O3/c1-26(2,18-12-19(27)14-20(28)13-18)24(33)30(3)23-16-32(25(34)31-8-10-35-11-9-31)15-22(23)17-4-6-21(29)7-5-17/h4-7,12-14,22-23H,8-11,15-16H2,1-3H3/t22?,23-/m1/s1. The molecule has 2 saturated heterocycles. The Hall–Kier alpha value is -2.35. The summed E-state index contributed by atoms with van der Waals surface area (Å²) in [5, 5.41) is 0.923. The molecular weight excluding hydrogens is 492 g/mol. The van der Waals surface area contributed by atoms with Gasteiger partial charge < -0.3 is 19.4 Å². The van der Waals surface area contributed by atoms with Crippen LogP contribution in [0.1, 0.15) is 30.9 Å². The lowest BCUT2D eigenvalue weighted by molar-refractivity contribution is -0.137. The molecule has 0 radical (unpaired) electrons. The van der Waals surface area contributed by atoms with E-state index in [1.807, 2.05) is 13.8 Å². The van der Waals surface area contributed by atoms with Gasteiger partial charge in [0.1, 0.15) is 5.82 Å². The number of benzene rings is 2. The number of likely N-dealkylation sites (N-methyl/N-ethyl adjacent to an activating group) is 1. The molecule has 0 bridgehead atoms. The molecule has 9 heteroatoms. The Morgan fingerprint density at radius 2 is 1.60 bits per heavy atom. The van der Waals surface area contributed by atoms with Crippen molar-refractivity contribution in [3.05, 3.63) is 69.5 Å². The molecule has 0 spiro atoms. The smallest absolute Gasteiger partial charge is 0.320 e. The first-order valence-electron chi connectivity index (χ1n) is 11.7. The SMILES string of the molecule is CN(C(=O)C(C)(C)c1cc(Cl)cc(Cl)c1)[C@@H]1CN(C(=O)N2CCOCC2)CC1c1ccc(F)cc1. The summed E-state index contributed by atoms with van der Waals surface area (Å²) >= 11 is 12.4. The average molecular weight is 522 g/mol. The number of morpholine rings is 1. The normalized spacial score (nSPS) is 20.7. The first-order chi connectivity index (χ1) is 16.6. The van der Waals surface area contributed by atoms with Crippen LogP contribution < -0.4 is 0 Å². The van der Waals surface area contributed by atoms with Crippen LogP contribution in [0.25, 0.3) is 0 Å². The van der Waals surface area contributed by atoms with Crippen LogP contribution in [-0.4, -0.2) is 79.1 Å². The van der Waals surface area contributed by atoms with E-state index in [1.165, 1.54) is 12.1 Å². The molecule has 35 heavy (non-hydrogen) atoms. The molecule has 0 saturated carbocycles. The maximum absolute atomic E-state index is 13.8. The summed E-state index contributed by atoms with van der Waals surface area (Å²) in [7, 11) is 1.76. The highest BCUT2D eigenvalue weighted by atomic mass is 35.5. The second-order valence-corrected chi connectivity index (χ2v) is 10.6. The zero-order valence-electron chi connectivity index (χ0n) is 20.1. The maximum Gasteiger partial charge on any atom is 0.320 e. The molecule has 2 aliphatic heterocycles. The third-order valence-electron chi connectivity index (χ3n) is 7.08. The molecule has 6 nitrogen and oxygen atoms in total. The van der Waals surface area contributed by atoms with Crippen LogP contribution in [0.5, 0.6) is 0 Å². The van der Waals surface area contributed by atoms with Crippen LogP contribution in [-0.2, 0) is 14.9 Å². The van der Waals surface area contributed by atoms with Gasteiger partial charge in [-0.3, -0.25) is 4.79 Å². The molecule has 2 aromatic carbocycles. The summed E-state index contributed by atoms with van der Waals surface area (Å²) in [5.41, 5.74) is 0.694. The largest absolute Gasteiger partial charge is 0.378 e. The zero-order chi connectivity index (χ0) is 25.3. The monoisotopic (exact) mass is 521 g/mol. The van der Waals surface area contributed by atoms with Crippen molar-refractivity contribution in [2.45, 2.75) is 31.2 Å². The van der Waals surface area contributed by atoms with E-state index in [-0.39, 0.29) is 29.7 Å². The topological polar surface area (TPSA) is 53.1 Å². The number of likely N-dealkylation sites (tertiary alicyclic amines) is 1. The second kappa shape index (κ2) is 10.3. The van der Waals surface area contributed by atoms with Crippen molar-refractivity contribution in [3.63, 3.8) is 0 Å². The Labute approximate surface area is 215 Å². The van der Waals surface area contributed by atoms with Gasteiger partial charge in [-0.25, -0.2) is 9.18 Å². The third-order valence-corrected chi connectivity index (χ3v) is 7.51. The fourth-order valence-corrected chi connectivity index (χ4v) is 5.48. The highest BCUT2D eigenvalue weighted by Crippen LogP contribution is 2.36. The maximum atomic E-state index is 13.8. The van der Waals surface area contributed by atoms with Crippen LogP contribution in [0.3, 0.4) is 0 Å². The Bertz CT molecular complexity index is 1070. The predicted octanol–water partition coefficient (Wildman–Crippen LogP) is 4.79. The van der Waals surface area contributed by atoms with Gasteiger partial charge in [-0.1, -0.05) is 35.3 Å². The molecule has 2 aliphatic rings. The molecule has 4 rings (SSSR count). The number of amides is 3. The second-order valence-electron chi connectivity index (χ2n) is 9.71. The Balaban J connectivity index is 1.62. The van der Waals surface area contributed by atoms with Gasteiger partial charge in [0, 0.05) is 49.2 Å². The van der Waals surface area contributed by atoms with E-state index in [0.29, 0.717) is 55.0 Å².